The number of ether oxygens (including phenoxy) is 3. The normalized spacial score (nSPS) is 11.2. The van der Waals surface area contributed by atoms with Gasteiger partial charge in [-0.15, -0.1) is 0 Å². The van der Waals surface area contributed by atoms with Crippen LogP contribution in [0.25, 0.3) is 0 Å². The molecule has 0 heterocycles. The van der Waals surface area contributed by atoms with Gasteiger partial charge >= 0.3 is 5.97 Å². The van der Waals surface area contributed by atoms with Gasteiger partial charge in [-0.25, -0.2) is 4.79 Å². The van der Waals surface area contributed by atoms with E-state index in [1.54, 1.807) is 67.2 Å². The third-order valence-corrected chi connectivity index (χ3v) is 3.79. The van der Waals surface area contributed by atoms with E-state index in [1.165, 1.54) is 0 Å². The Labute approximate surface area is 151 Å². The summed E-state index contributed by atoms with van der Waals surface area (Å²) >= 11 is 1.62. The van der Waals surface area contributed by atoms with E-state index >= 15 is 0 Å². The molecule has 0 aliphatic carbocycles. The smallest absolute Gasteiger partial charge is 0.347 e. The van der Waals surface area contributed by atoms with Crippen LogP contribution in [-0.4, -0.2) is 30.7 Å². The fraction of sp³-hybridized carbons (Fsp3) is 0.263. The molecule has 0 aliphatic heterocycles. The molecule has 0 aromatic heterocycles. The van der Waals surface area contributed by atoms with Gasteiger partial charge in [0.05, 0.1) is 11.6 Å². The molecule has 0 amide bonds. The number of esters is 1. The maximum atomic E-state index is 11.8. The lowest BCUT2D eigenvalue weighted by molar-refractivity contribution is -0.150. The predicted octanol–water partition coefficient (Wildman–Crippen LogP) is 4.02. The minimum Gasteiger partial charge on any atom is -0.479 e. The number of benzene rings is 2. The van der Waals surface area contributed by atoms with Crippen molar-refractivity contribution in [1.29, 1.82) is 5.26 Å². The van der Waals surface area contributed by atoms with Crippen LogP contribution in [0, 0.1) is 11.3 Å². The molecule has 0 bridgehead atoms. The molecule has 2 aromatic carbocycles. The first-order chi connectivity index (χ1) is 12.1. The van der Waals surface area contributed by atoms with Crippen LogP contribution in [0.15, 0.2) is 48.5 Å². The summed E-state index contributed by atoms with van der Waals surface area (Å²) < 4.78 is 16.4. The van der Waals surface area contributed by atoms with E-state index in [4.69, 9.17) is 19.5 Å². The molecule has 0 N–H and O–H groups in total. The first-order valence-corrected chi connectivity index (χ1v) is 9.12. The number of carbonyl (C=O) groups is 1. The summed E-state index contributed by atoms with van der Waals surface area (Å²) in [5.41, 5.74) is 0.578. The van der Waals surface area contributed by atoms with Crippen LogP contribution in [0.5, 0.6) is 17.2 Å². The molecule has 6 heteroatoms. The first-order valence-electron chi connectivity index (χ1n) is 7.72. The summed E-state index contributed by atoms with van der Waals surface area (Å²) in [6, 6.07) is 15.9. The van der Waals surface area contributed by atoms with Gasteiger partial charge in [-0.3, -0.25) is 0 Å². The van der Waals surface area contributed by atoms with Crippen LogP contribution in [0.3, 0.4) is 0 Å². The zero-order valence-electron chi connectivity index (χ0n) is 14.1. The molecule has 0 saturated carbocycles. The molecule has 1 atom stereocenters. The lowest BCUT2D eigenvalue weighted by Crippen LogP contribution is -2.26. The summed E-state index contributed by atoms with van der Waals surface area (Å²) in [6.07, 6.45) is 1.28. The molecule has 2 rings (SSSR count). The van der Waals surface area contributed by atoms with Gasteiger partial charge < -0.3 is 14.2 Å². The van der Waals surface area contributed by atoms with Crippen molar-refractivity contribution in [2.75, 3.05) is 18.6 Å². The van der Waals surface area contributed by atoms with Crippen LogP contribution < -0.4 is 9.47 Å². The average molecular weight is 357 g/mol. The van der Waals surface area contributed by atoms with Crippen molar-refractivity contribution in [3.63, 3.8) is 0 Å². The van der Waals surface area contributed by atoms with Crippen molar-refractivity contribution < 1.29 is 19.0 Å². The summed E-state index contributed by atoms with van der Waals surface area (Å²) in [6.45, 7) is 2.04. The summed E-state index contributed by atoms with van der Waals surface area (Å²) in [5, 5.41) is 8.78. The summed E-state index contributed by atoms with van der Waals surface area (Å²) in [7, 11) is 0. The van der Waals surface area contributed by atoms with Gasteiger partial charge in [-0.05, 0) is 61.7 Å². The third kappa shape index (κ3) is 6.05. The molecule has 0 spiro atoms. The maximum absolute atomic E-state index is 11.8. The van der Waals surface area contributed by atoms with E-state index in [0.29, 0.717) is 29.4 Å². The van der Waals surface area contributed by atoms with E-state index in [2.05, 4.69) is 6.07 Å². The lowest BCUT2D eigenvalue weighted by Gasteiger charge is -2.14. The van der Waals surface area contributed by atoms with Gasteiger partial charge in [-0.1, -0.05) is 0 Å². The number of carbonyl (C=O) groups excluding carboxylic acids is 1. The van der Waals surface area contributed by atoms with E-state index in [9.17, 15) is 4.79 Å². The third-order valence-electron chi connectivity index (χ3n) is 3.22. The molecule has 25 heavy (non-hydrogen) atoms. The summed E-state index contributed by atoms with van der Waals surface area (Å²) in [4.78, 5) is 11.8. The average Bonchev–Trinajstić information content (AvgIpc) is 2.64. The van der Waals surface area contributed by atoms with Crippen LogP contribution in [0.1, 0.15) is 12.5 Å². The Bertz CT molecular complexity index is 723. The molecule has 0 saturated heterocycles. The Morgan fingerprint density at radius 2 is 1.64 bits per heavy atom. The zero-order valence-corrected chi connectivity index (χ0v) is 14.9. The van der Waals surface area contributed by atoms with E-state index in [0.717, 1.165) is 5.75 Å². The zero-order chi connectivity index (χ0) is 18.1. The highest BCUT2D eigenvalue weighted by atomic mass is 32.2. The van der Waals surface area contributed by atoms with Crippen LogP contribution >= 0.6 is 11.8 Å². The highest BCUT2D eigenvalue weighted by Gasteiger charge is 2.16. The number of thioether (sulfide) groups is 1. The molecular formula is C19H19NO4S. The van der Waals surface area contributed by atoms with Gasteiger partial charge in [0.25, 0.3) is 0 Å². The van der Waals surface area contributed by atoms with Crippen LogP contribution in [-0.2, 0) is 9.53 Å². The SMILES string of the molecule is CSCCOC(=O)C(C)Oc1ccc(Oc2ccc(C#N)cc2)cc1. The van der Waals surface area contributed by atoms with Crippen LogP contribution in [0.2, 0.25) is 0 Å². The van der Waals surface area contributed by atoms with Crippen molar-refractivity contribution in [3.8, 4) is 23.3 Å². The number of nitriles is 1. The Hall–Kier alpha value is -2.65. The minimum absolute atomic E-state index is 0.380. The van der Waals surface area contributed by atoms with E-state index in [1.807, 2.05) is 6.26 Å². The molecule has 0 fully saturated rings. The molecule has 5 nitrogen and oxygen atoms in total. The molecule has 0 radical (unpaired) electrons. The molecule has 1 unspecified atom stereocenters. The maximum Gasteiger partial charge on any atom is 0.347 e. The summed E-state index contributed by atoms with van der Waals surface area (Å²) in [5.74, 6) is 2.21. The largest absolute Gasteiger partial charge is 0.479 e. The Morgan fingerprint density at radius 1 is 1.08 bits per heavy atom. The lowest BCUT2D eigenvalue weighted by atomic mass is 10.2. The van der Waals surface area contributed by atoms with Crippen molar-refractivity contribution in [3.05, 3.63) is 54.1 Å². The van der Waals surface area contributed by atoms with Gasteiger partial charge in [-0.2, -0.15) is 17.0 Å². The van der Waals surface area contributed by atoms with Crippen molar-refractivity contribution >= 4 is 17.7 Å². The molecule has 2 aromatic rings. The van der Waals surface area contributed by atoms with Gasteiger partial charge in [0.15, 0.2) is 6.10 Å². The Kier molecular flexibility index (Phi) is 7.17. The quantitative estimate of drug-likeness (QED) is 0.525. The topological polar surface area (TPSA) is 68.6 Å². The van der Waals surface area contributed by atoms with Crippen molar-refractivity contribution in [2.24, 2.45) is 0 Å². The Morgan fingerprint density at radius 3 is 2.20 bits per heavy atom. The predicted molar refractivity (Wildman–Crippen MR) is 97.1 cm³/mol. The van der Waals surface area contributed by atoms with Crippen molar-refractivity contribution in [1.82, 2.24) is 0 Å². The van der Waals surface area contributed by atoms with Crippen LogP contribution in [0.4, 0.5) is 0 Å². The molecular weight excluding hydrogens is 338 g/mol. The van der Waals surface area contributed by atoms with Gasteiger partial charge in [0, 0.05) is 5.75 Å². The minimum atomic E-state index is -0.674. The second-order valence-electron chi connectivity index (χ2n) is 5.13. The van der Waals surface area contributed by atoms with Gasteiger partial charge in [0.2, 0.25) is 0 Å². The van der Waals surface area contributed by atoms with Gasteiger partial charge in [0.1, 0.15) is 23.9 Å². The van der Waals surface area contributed by atoms with E-state index in [-0.39, 0.29) is 5.97 Å². The fourth-order valence-corrected chi connectivity index (χ4v) is 2.17. The molecule has 130 valence electrons. The standard InChI is InChI=1S/C19H19NO4S/c1-14(19(21)22-11-12-25-2)23-16-7-9-18(10-8-16)24-17-5-3-15(13-20)4-6-17/h3-10,14H,11-12H2,1-2H3. The first kappa shape index (κ1) is 18.7. The number of hydrogen-bond donors (Lipinski definition) is 0. The number of hydrogen-bond acceptors (Lipinski definition) is 6. The fourth-order valence-electron chi connectivity index (χ4n) is 1.92. The second-order valence-corrected chi connectivity index (χ2v) is 6.12. The number of rotatable bonds is 8. The van der Waals surface area contributed by atoms with Crippen molar-refractivity contribution in [2.45, 2.75) is 13.0 Å². The molecule has 0 aliphatic rings. The number of nitrogens with zero attached hydrogens (tertiary/aromatic N) is 1. The van der Waals surface area contributed by atoms with E-state index < -0.39 is 6.10 Å². The Balaban J connectivity index is 1.88. The highest BCUT2D eigenvalue weighted by molar-refractivity contribution is 7.98. The monoisotopic (exact) mass is 357 g/mol. The highest BCUT2D eigenvalue weighted by Crippen LogP contribution is 2.24. The second kappa shape index (κ2) is 9.60.